The number of halogens is 1. The molecule has 4 N–H and O–H groups in total. The number of benzene rings is 1. The van der Waals surface area contributed by atoms with E-state index in [1.807, 2.05) is 6.07 Å². The fourth-order valence-electron chi connectivity index (χ4n) is 2.88. The molecule has 0 unspecified atom stereocenters. The van der Waals surface area contributed by atoms with Crippen LogP contribution in [-0.2, 0) is 11.3 Å². The molecule has 0 radical (unpaired) electrons. The van der Waals surface area contributed by atoms with Crippen LogP contribution in [0.2, 0.25) is 0 Å². The first-order valence-corrected chi connectivity index (χ1v) is 8.49. The number of nitriles is 1. The zero-order chi connectivity index (χ0) is 19.2. The maximum absolute atomic E-state index is 12.0. The number of hydrogen-bond donors (Lipinski definition) is 4. The molecule has 1 saturated heterocycles. The third-order valence-electron chi connectivity index (χ3n) is 4.28. The first-order chi connectivity index (χ1) is 13.1. The second-order valence-electron chi connectivity index (χ2n) is 6.15. The predicted octanol–water partition coefficient (Wildman–Crippen LogP) is 0.542. The van der Waals surface area contributed by atoms with Crippen LogP contribution < -0.4 is 21.3 Å². The minimum Gasteiger partial charge on any atom is -0.358 e. The van der Waals surface area contributed by atoms with Gasteiger partial charge in [-0.25, -0.2) is 9.48 Å². The van der Waals surface area contributed by atoms with E-state index in [1.165, 1.54) is 0 Å². The van der Waals surface area contributed by atoms with E-state index in [4.69, 9.17) is 5.26 Å². The number of nitrogens with zero attached hydrogens (tertiary/aromatic N) is 4. The number of urea groups is 1. The number of amides is 3. The van der Waals surface area contributed by atoms with E-state index >= 15 is 0 Å². The van der Waals surface area contributed by atoms with Gasteiger partial charge in [0.15, 0.2) is 0 Å². The maximum atomic E-state index is 12.0. The minimum atomic E-state index is -0.401. The van der Waals surface area contributed by atoms with E-state index in [1.54, 1.807) is 42.2 Å². The van der Waals surface area contributed by atoms with Crippen LogP contribution in [0.5, 0.6) is 0 Å². The van der Waals surface area contributed by atoms with E-state index in [9.17, 15) is 9.59 Å². The molecule has 1 aromatic carbocycles. The van der Waals surface area contributed by atoms with E-state index in [0.29, 0.717) is 29.9 Å². The lowest BCUT2D eigenvalue weighted by atomic mass is 10.1. The number of anilines is 1. The average Bonchev–Trinajstić information content (AvgIpc) is 3.35. The fraction of sp³-hybridized carbons (Fsp3) is 0.353. The van der Waals surface area contributed by atoms with Crippen molar-refractivity contribution in [2.75, 3.05) is 18.9 Å². The number of aromatic nitrogens is 3. The van der Waals surface area contributed by atoms with Crippen molar-refractivity contribution < 1.29 is 9.59 Å². The van der Waals surface area contributed by atoms with E-state index in [0.717, 1.165) is 0 Å². The second-order valence-corrected chi connectivity index (χ2v) is 6.15. The summed E-state index contributed by atoms with van der Waals surface area (Å²) in [5.74, 6) is -0.0448. The van der Waals surface area contributed by atoms with E-state index < -0.39 is 6.03 Å². The van der Waals surface area contributed by atoms with Crippen LogP contribution in [0.3, 0.4) is 0 Å². The van der Waals surface area contributed by atoms with E-state index in [2.05, 4.69) is 31.6 Å². The second kappa shape index (κ2) is 9.68. The molecule has 3 rings (SSSR count). The average molecular weight is 405 g/mol. The largest absolute Gasteiger partial charge is 0.358 e. The zero-order valence-electron chi connectivity index (χ0n) is 15.2. The molecule has 28 heavy (non-hydrogen) atoms. The Bertz CT molecular complexity index is 878. The standard InChI is InChI=1S/C17H20N8O2.ClH/c1-19-16(26)15-6-14(9-20-15)25-10-13(23-24-25)8-21-17(27)22-12-4-2-3-11(5-12)7-18;/h2-5,10,14-15,20H,6,8-9H2,1H3,(H,19,26)(H2,21,22,27);1H/t14-,15-;/m0./s1. The Morgan fingerprint density at radius 2 is 2.25 bits per heavy atom. The summed E-state index contributed by atoms with van der Waals surface area (Å²) in [4.78, 5) is 23.7. The summed E-state index contributed by atoms with van der Waals surface area (Å²) in [6.07, 6.45) is 2.39. The number of carbonyl (C=O) groups is 2. The van der Waals surface area contributed by atoms with Crippen molar-refractivity contribution in [3.8, 4) is 6.07 Å². The van der Waals surface area contributed by atoms with Gasteiger partial charge in [-0.3, -0.25) is 4.79 Å². The summed E-state index contributed by atoms with van der Waals surface area (Å²) >= 11 is 0. The Morgan fingerprint density at radius 1 is 1.43 bits per heavy atom. The Morgan fingerprint density at radius 3 is 3.00 bits per heavy atom. The summed E-state index contributed by atoms with van der Waals surface area (Å²) in [6.45, 7) is 0.840. The van der Waals surface area contributed by atoms with E-state index in [-0.39, 0.29) is 36.9 Å². The molecule has 10 nitrogen and oxygen atoms in total. The number of carbonyl (C=O) groups excluding carboxylic acids is 2. The number of hydrogen-bond acceptors (Lipinski definition) is 6. The summed E-state index contributed by atoms with van der Waals surface area (Å²) in [5, 5.41) is 28.2. The Hall–Kier alpha value is -3.16. The van der Waals surface area contributed by atoms with Crippen molar-refractivity contribution in [3.63, 3.8) is 0 Å². The fourth-order valence-corrected chi connectivity index (χ4v) is 2.88. The molecule has 1 aromatic heterocycles. The number of rotatable bonds is 5. The summed E-state index contributed by atoms with van der Waals surface area (Å²) in [7, 11) is 1.61. The smallest absolute Gasteiger partial charge is 0.319 e. The Labute approximate surface area is 168 Å². The lowest BCUT2D eigenvalue weighted by molar-refractivity contribution is -0.122. The molecule has 1 aliphatic rings. The topological polar surface area (TPSA) is 137 Å². The SMILES string of the molecule is CNC(=O)[C@@H]1C[C@H](n2cc(CNC(=O)Nc3cccc(C#N)c3)nn2)CN1.Cl. The molecule has 0 aliphatic carbocycles. The third kappa shape index (κ3) is 5.18. The molecule has 1 fully saturated rings. The van der Waals surface area contributed by atoms with Gasteiger partial charge in [0.05, 0.1) is 36.5 Å². The summed E-state index contributed by atoms with van der Waals surface area (Å²) in [6, 6.07) is 8.07. The minimum absolute atomic E-state index is 0. The van der Waals surface area contributed by atoms with Crippen molar-refractivity contribution in [1.29, 1.82) is 5.26 Å². The Balaban J connectivity index is 0.00000280. The van der Waals surface area contributed by atoms with Crippen LogP contribution in [0.25, 0.3) is 0 Å². The molecule has 2 heterocycles. The molecular weight excluding hydrogens is 384 g/mol. The molecule has 3 amide bonds. The highest BCUT2D eigenvalue weighted by Gasteiger charge is 2.30. The van der Waals surface area contributed by atoms with Crippen molar-refractivity contribution in [2.45, 2.75) is 25.0 Å². The highest BCUT2D eigenvalue weighted by Crippen LogP contribution is 2.19. The van der Waals surface area contributed by atoms with Gasteiger partial charge in [-0.15, -0.1) is 17.5 Å². The van der Waals surface area contributed by atoms with Gasteiger partial charge in [0, 0.05) is 19.3 Å². The highest BCUT2D eigenvalue weighted by atomic mass is 35.5. The molecule has 2 aromatic rings. The molecule has 148 valence electrons. The summed E-state index contributed by atoms with van der Waals surface area (Å²) < 4.78 is 1.71. The quantitative estimate of drug-likeness (QED) is 0.574. The molecule has 0 bridgehead atoms. The van der Waals surface area contributed by atoms with Crippen molar-refractivity contribution in [3.05, 3.63) is 41.7 Å². The maximum Gasteiger partial charge on any atom is 0.319 e. The van der Waals surface area contributed by atoms with Crippen LogP contribution in [0.15, 0.2) is 30.5 Å². The third-order valence-corrected chi connectivity index (χ3v) is 4.28. The Kier molecular flexibility index (Phi) is 7.31. The van der Waals surface area contributed by atoms with Gasteiger partial charge in [0.2, 0.25) is 5.91 Å². The summed E-state index contributed by atoms with van der Waals surface area (Å²) in [5.41, 5.74) is 1.61. The van der Waals surface area contributed by atoms with Crippen LogP contribution in [0.4, 0.5) is 10.5 Å². The molecular formula is C17H21ClN8O2. The highest BCUT2D eigenvalue weighted by molar-refractivity contribution is 5.89. The normalized spacial score (nSPS) is 17.9. The number of likely N-dealkylation sites (N-methyl/N-ethyl adjacent to an activating group) is 1. The predicted molar refractivity (Wildman–Crippen MR) is 104 cm³/mol. The molecule has 0 saturated carbocycles. The first kappa shape index (κ1) is 21.1. The van der Waals surface area contributed by atoms with Gasteiger partial charge in [-0.2, -0.15) is 5.26 Å². The van der Waals surface area contributed by atoms with Crippen LogP contribution in [0.1, 0.15) is 23.7 Å². The monoisotopic (exact) mass is 404 g/mol. The van der Waals surface area contributed by atoms with Crippen molar-refractivity contribution in [2.24, 2.45) is 0 Å². The van der Waals surface area contributed by atoms with Gasteiger partial charge in [-0.1, -0.05) is 11.3 Å². The molecule has 0 spiro atoms. The van der Waals surface area contributed by atoms with Gasteiger partial charge < -0.3 is 21.3 Å². The van der Waals surface area contributed by atoms with Crippen LogP contribution in [0, 0.1) is 11.3 Å². The molecule has 1 aliphatic heterocycles. The van der Waals surface area contributed by atoms with Gasteiger partial charge >= 0.3 is 6.03 Å². The molecule has 2 atom stereocenters. The van der Waals surface area contributed by atoms with Crippen LogP contribution >= 0.6 is 12.4 Å². The zero-order valence-corrected chi connectivity index (χ0v) is 16.0. The number of nitrogens with one attached hydrogen (secondary N) is 4. The van der Waals surface area contributed by atoms with Gasteiger partial charge in [0.25, 0.3) is 0 Å². The van der Waals surface area contributed by atoms with Crippen molar-refractivity contribution in [1.82, 2.24) is 30.9 Å². The van der Waals surface area contributed by atoms with Crippen molar-refractivity contribution >= 4 is 30.0 Å². The van der Waals surface area contributed by atoms with Crippen LogP contribution in [-0.4, -0.2) is 46.6 Å². The lowest BCUT2D eigenvalue weighted by Crippen LogP contribution is -2.38. The lowest BCUT2D eigenvalue weighted by Gasteiger charge is -2.09. The van der Waals surface area contributed by atoms with Gasteiger partial charge in [-0.05, 0) is 24.6 Å². The molecule has 11 heteroatoms. The first-order valence-electron chi connectivity index (χ1n) is 8.49. The van der Waals surface area contributed by atoms with Gasteiger partial charge in [0.1, 0.15) is 5.69 Å².